The summed E-state index contributed by atoms with van der Waals surface area (Å²) >= 11 is 0. The zero-order valence-electron chi connectivity index (χ0n) is 11.8. The van der Waals surface area contributed by atoms with E-state index in [2.05, 4.69) is 4.74 Å². The van der Waals surface area contributed by atoms with Crippen LogP contribution < -0.4 is 10.6 Å². The van der Waals surface area contributed by atoms with Crippen LogP contribution in [0.1, 0.15) is 13.8 Å². The molecule has 5 nitrogen and oxygen atoms in total. The number of hydrogen-bond acceptors (Lipinski definition) is 4. The van der Waals surface area contributed by atoms with E-state index in [9.17, 15) is 27.2 Å². The molecule has 1 aromatic carbocycles. The highest BCUT2D eigenvalue weighted by atomic mass is 19.4. The Hall–Kier alpha value is -2.32. The van der Waals surface area contributed by atoms with Crippen molar-refractivity contribution in [3.8, 4) is 0 Å². The van der Waals surface area contributed by atoms with Crippen LogP contribution in [-0.2, 0) is 14.3 Å². The highest BCUT2D eigenvalue weighted by molar-refractivity contribution is 5.90. The number of benzene rings is 1. The number of ether oxygens (including phenoxy) is 1. The lowest BCUT2D eigenvalue weighted by Gasteiger charge is -2.35. The molecule has 1 rings (SSSR count). The molecule has 0 aliphatic rings. The fraction of sp³-hybridized carbons (Fsp3) is 0.385. The third kappa shape index (κ3) is 3.86. The number of amides is 1. The quantitative estimate of drug-likeness (QED) is 0.495. The molecule has 0 aromatic heterocycles. The van der Waals surface area contributed by atoms with E-state index < -0.39 is 29.5 Å². The molecule has 0 radical (unpaired) electrons. The maximum absolute atomic E-state index is 13.4. The van der Waals surface area contributed by atoms with Gasteiger partial charge in [0.2, 0.25) is 5.91 Å². The average Bonchev–Trinajstić information content (AvgIpc) is 2.36. The van der Waals surface area contributed by atoms with Gasteiger partial charge < -0.3 is 15.4 Å². The lowest BCUT2D eigenvalue weighted by Crippen LogP contribution is -2.69. The molecule has 1 aromatic rings. The largest absolute Gasteiger partial charge is 0.463 e. The first kappa shape index (κ1) is 17.7. The molecule has 9 heteroatoms. The zero-order chi connectivity index (χ0) is 17.0. The van der Waals surface area contributed by atoms with E-state index in [0.29, 0.717) is 0 Å². The molecule has 0 unspecified atom stereocenters. The van der Waals surface area contributed by atoms with Crippen molar-refractivity contribution in [1.82, 2.24) is 5.32 Å². The normalized spacial score (nSPS) is 13.9. The number of hydrogen-bond donors (Lipinski definition) is 2. The molecule has 0 aliphatic carbocycles. The van der Waals surface area contributed by atoms with Crippen LogP contribution >= 0.6 is 0 Å². The molecule has 1 atom stereocenters. The van der Waals surface area contributed by atoms with Gasteiger partial charge in [-0.2, -0.15) is 13.2 Å². The summed E-state index contributed by atoms with van der Waals surface area (Å²) in [7, 11) is 0. The molecule has 2 N–H and O–H groups in total. The number of alkyl halides is 3. The molecule has 22 heavy (non-hydrogen) atoms. The van der Waals surface area contributed by atoms with Crippen molar-refractivity contribution >= 4 is 17.6 Å². The van der Waals surface area contributed by atoms with Crippen LogP contribution in [0, 0.1) is 5.82 Å². The molecule has 0 saturated carbocycles. The number of esters is 1. The van der Waals surface area contributed by atoms with Gasteiger partial charge in [0, 0.05) is 12.6 Å². The zero-order valence-corrected chi connectivity index (χ0v) is 11.8. The molecule has 0 spiro atoms. The Kier molecular flexibility index (Phi) is 5.34. The Morgan fingerprint density at radius 3 is 2.36 bits per heavy atom. The van der Waals surface area contributed by atoms with Gasteiger partial charge in [-0.05, 0) is 25.1 Å². The van der Waals surface area contributed by atoms with Crippen LogP contribution in [0.4, 0.5) is 23.2 Å². The molecule has 0 aliphatic heterocycles. The van der Waals surface area contributed by atoms with Gasteiger partial charge in [-0.3, -0.25) is 4.79 Å². The van der Waals surface area contributed by atoms with Crippen LogP contribution in [0.15, 0.2) is 24.3 Å². The molecular weight excluding hydrogens is 308 g/mol. The van der Waals surface area contributed by atoms with Crippen LogP contribution in [0.5, 0.6) is 0 Å². The highest BCUT2D eigenvalue weighted by Crippen LogP contribution is 2.33. The number of carbonyl (C=O) groups excluding carboxylic acids is 2. The second-order valence-corrected chi connectivity index (χ2v) is 4.28. The van der Waals surface area contributed by atoms with Gasteiger partial charge in [0.1, 0.15) is 5.82 Å². The Labute approximate surface area is 123 Å². The fourth-order valence-electron chi connectivity index (χ4n) is 1.68. The summed E-state index contributed by atoms with van der Waals surface area (Å²) in [5.41, 5.74) is -3.86. The SMILES string of the molecule is CCOC(=O)[C@](NC(C)=O)(Nc1cccc(F)c1)C(F)(F)F. The maximum atomic E-state index is 13.4. The monoisotopic (exact) mass is 322 g/mol. The van der Waals surface area contributed by atoms with E-state index in [4.69, 9.17) is 0 Å². The average molecular weight is 322 g/mol. The van der Waals surface area contributed by atoms with E-state index in [1.807, 2.05) is 5.32 Å². The standard InChI is InChI=1S/C13H14F4N2O3/c1-3-22-11(21)12(13(15,16)17,18-8(2)20)19-10-6-4-5-9(14)7-10/h4-7,19H,3H2,1-2H3,(H,18,20)/t12-/m0/s1. The molecule has 0 fully saturated rings. The van der Waals surface area contributed by atoms with E-state index in [-0.39, 0.29) is 12.3 Å². The van der Waals surface area contributed by atoms with Crippen molar-refractivity contribution in [2.24, 2.45) is 0 Å². The summed E-state index contributed by atoms with van der Waals surface area (Å²) in [6.45, 7) is 1.79. The smallest absolute Gasteiger partial charge is 0.441 e. The topological polar surface area (TPSA) is 67.4 Å². The number of anilines is 1. The van der Waals surface area contributed by atoms with Crippen molar-refractivity contribution < 1.29 is 31.9 Å². The van der Waals surface area contributed by atoms with Gasteiger partial charge in [-0.15, -0.1) is 0 Å². The summed E-state index contributed by atoms with van der Waals surface area (Å²) in [6, 6.07) is 4.03. The number of rotatable bonds is 5. The molecule has 1 amide bonds. The predicted molar refractivity (Wildman–Crippen MR) is 69.3 cm³/mol. The Morgan fingerprint density at radius 2 is 1.91 bits per heavy atom. The first-order chi connectivity index (χ1) is 10.1. The van der Waals surface area contributed by atoms with Crippen molar-refractivity contribution in [2.45, 2.75) is 25.7 Å². The Balaban J connectivity index is 3.34. The molecule has 0 saturated heterocycles. The van der Waals surface area contributed by atoms with Crippen LogP contribution in [0.2, 0.25) is 0 Å². The van der Waals surface area contributed by atoms with Gasteiger partial charge in [-0.1, -0.05) is 6.07 Å². The molecule has 0 bridgehead atoms. The summed E-state index contributed by atoms with van der Waals surface area (Å²) in [4.78, 5) is 23.0. The third-order valence-electron chi connectivity index (χ3n) is 2.53. The van der Waals surface area contributed by atoms with E-state index in [1.54, 1.807) is 0 Å². The minimum atomic E-state index is -5.22. The van der Waals surface area contributed by atoms with Crippen molar-refractivity contribution in [3.63, 3.8) is 0 Å². The van der Waals surface area contributed by atoms with Gasteiger partial charge in [0.25, 0.3) is 0 Å². The number of halogens is 4. The third-order valence-corrected chi connectivity index (χ3v) is 2.53. The number of nitrogens with one attached hydrogen (secondary N) is 2. The second-order valence-electron chi connectivity index (χ2n) is 4.28. The molecular formula is C13H14F4N2O3. The van der Waals surface area contributed by atoms with E-state index >= 15 is 0 Å². The first-order valence-corrected chi connectivity index (χ1v) is 6.19. The van der Waals surface area contributed by atoms with Crippen molar-refractivity contribution in [3.05, 3.63) is 30.1 Å². The predicted octanol–water partition coefficient (Wildman–Crippen LogP) is 2.20. The van der Waals surface area contributed by atoms with Crippen molar-refractivity contribution in [1.29, 1.82) is 0 Å². The molecule has 0 heterocycles. The van der Waals surface area contributed by atoms with Gasteiger partial charge in [0.15, 0.2) is 0 Å². The minimum Gasteiger partial charge on any atom is -0.463 e. The minimum absolute atomic E-state index is 0.332. The lowest BCUT2D eigenvalue weighted by molar-refractivity contribution is -0.207. The van der Waals surface area contributed by atoms with Gasteiger partial charge in [-0.25, -0.2) is 9.18 Å². The van der Waals surface area contributed by atoms with Gasteiger partial charge >= 0.3 is 17.8 Å². The Bertz CT molecular complexity index is 562. The fourth-order valence-corrected chi connectivity index (χ4v) is 1.68. The second kappa shape index (κ2) is 6.63. The van der Waals surface area contributed by atoms with E-state index in [1.165, 1.54) is 12.2 Å². The van der Waals surface area contributed by atoms with E-state index in [0.717, 1.165) is 31.2 Å². The molecule has 122 valence electrons. The van der Waals surface area contributed by atoms with Crippen LogP contribution in [0.25, 0.3) is 0 Å². The number of carbonyl (C=O) groups is 2. The summed E-state index contributed by atoms with van der Waals surface area (Å²) < 4.78 is 57.8. The van der Waals surface area contributed by atoms with Crippen LogP contribution in [0.3, 0.4) is 0 Å². The first-order valence-electron chi connectivity index (χ1n) is 6.19. The Morgan fingerprint density at radius 1 is 1.27 bits per heavy atom. The highest BCUT2D eigenvalue weighted by Gasteiger charge is 2.63. The lowest BCUT2D eigenvalue weighted by atomic mass is 10.1. The van der Waals surface area contributed by atoms with Crippen LogP contribution in [-0.4, -0.2) is 30.3 Å². The van der Waals surface area contributed by atoms with Gasteiger partial charge in [0.05, 0.1) is 6.61 Å². The maximum Gasteiger partial charge on any atom is 0.441 e. The van der Waals surface area contributed by atoms with Crippen molar-refractivity contribution in [2.75, 3.05) is 11.9 Å². The summed E-state index contributed by atoms with van der Waals surface area (Å²) in [6.07, 6.45) is -5.22. The summed E-state index contributed by atoms with van der Waals surface area (Å²) in [5, 5.41) is 3.33. The summed E-state index contributed by atoms with van der Waals surface area (Å²) in [5.74, 6) is -3.68.